The zero-order valence-corrected chi connectivity index (χ0v) is 19.0. The van der Waals surface area contributed by atoms with Crippen molar-refractivity contribution in [2.24, 2.45) is 46.3 Å². The zero-order chi connectivity index (χ0) is 19.2. The van der Waals surface area contributed by atoms with Crippen molar-refractivity contribution in [1.82, 2.24) is 0 Å². The third-order valence-electron chi connectivity index (χ3n) is 10.2. The molecule has 0 saturated heterocycles. The van der Waals surface area contributed by atoms with E-state index >= 15 is 0 Å². The minimum absolute atomic E-state index is 0.609. The molecule has 4 rings (SSSR count). The molecule has 154 valence electrons. The maximum Gasteiger partial charge on any atom is -0.0143 e. The molecule has 4 aliphatic rings. The SMILES string of the molecule is CC(C)CCC[C@@H](C)[C@H]1CC[C@H]2C3=CC[C@@H]4CCCC[C@]4(C)[C@H]3CC[C@]12C. The first-order valence-corrected chi connectivity index (χ1v) is 12.6. The van der Waals surface area contributed by atoms with Crippen LogP contribution in [-0.2, 0) is 0 Å². The summed E-state index contributed by atoms with van der Waals surface area (Å²) in [5.41, 5.74) is 3.21. The second-order valence-electron chi connectivity index (χ2n) is 12.0. The fourth-order valence-electron chi connectivity index (χ4n) is 8.57. The summed E-state index contributed by atoms with van der Waals surface area (Å²) >= 11 is 0. The van der Waals surface area contributed by atoms with Gasteiger partial charge in [0.15, 0.2) is 0 Å². The Hall–Kier alpha value is -0.260. The molecule has 0 radical (unpaired) electrons. The molecule has 27 heavy (non-hydrogen) atoms. The van der Waals surface area contributed by atoms with E-state index in [0.29, 0.717) is 10.8 Å². The molecular weight excluding hydrogens is 324 g/mol. The second-order valence-corrected chi connectivity index (χ2v) is 12.0. The number of hydrogen-bond acceptors (Lipinski definition) is 0. The Labute approximate surface area is 170 Å². The summed E-state index contributed by atoms with van der Waals surface area (Å²) in [6.45, 7) is 12.8. The third-order valence-corrected chi connectivity index (χ3v) is 10.2. The largest absolute Gasteiger partial charge is 0.0844 e. The fourth-order valence-corrected chi connectivity index (χ4v) is 8.57. The quantitative estimate of drug-likeness (QED) is 0.426. The molecule has 0 aromatic rings. The van der Waals surface area contributed by atoms with Gasteiger partial charge in [0.2, 0.25) is 0 Å². The molecule has 0 bridgehead atoms. The van der Waals surface area contributed by atoms with Gasteiger partial charge in [-0.15, -0.1) is 0 Å². The summed E-state index contributed by atoms with van der Waals surface area (Å²) in [6.07, 6.45) is 20.6. The molecule has 0 heteroatoms. The maximum atomic E-state index is 2.79. The van der Waals surface area contributed by atoms with E-state index in [0.717, 1.165) is 35.5 Å². The standard InChI is InChI=1S/C27H46/c1-19(2)9-8-10-20(3)23-14-15-24-22-13-12-21-11-6-7-17-26(21,4)25(22)16-18-27(23,24)5/h13,19-21,23-25H,6-12,14-18H2,1-5H3/t20-,21+,23-,24+,25+,26+,27-/m1/s1. The van der Waals surface area contributed by atoms with E-state index in [4.69, 9.17) is 0 Å². The molecule has 0 N–H and O–H groups in total. The highest BCUT2D eigenvalue weighted by Crippen LogP contribution is 2.66. The first-order chi connectivity index (χ1) is 12.9. The van der Waals surface area contributed by atoms with Gasteiger partial charge in [0.25, 0.3) is 0 Å². The van der Waals surface area contributed by atoms with E-state index < -0.39 is 0 Å². The van der Waals surface area contributed by atoms with Gasteiger partial charge in [-0.25, -0.2) is 0 Å². The van der Waals surface area contributed by atoms with Crippen molar-refractivity contribution < 1.29 is 0 Å². The van der Waals surface area contributed by atoms with Crippen molar-refractivity contribution in [2.75, 3.05) is 0 Å². The van der Waals surface area contributed by atoms with Crippen molar-refractivity contribution in [3.63, 3.8) is 0 Å². The van der Waals surface area contributed by atoms with E-state index in [1.54, 1.807) is 0 Å². The van der Waals surface area contributed by atoms with Crippen molar-refractivity contribution in [2.45, 2.75) is 112 Å². The van der Waals surface area contributed by atoms with Crippen LogP contribution in [0.1, 0.15) is 112 Å². The van der Waals surface area contributed by atoms with Crippen LogP contribution in [0.15, 0.2) is 11.6 Å². The van der Waals surface area contributed by atoms with E-state index in [1.165, 1.54) is 77.0 Å². The van der Waals surface area contributed by atoms with Gasteiger partial charge in [-0.2, -0.15) is 0 Å². The Morgan fingerprint density at radius 3 is 2.44 bits per heavy atom. The molecule has 0 spiro atoms. The zero-order valence-electron chi connectivity index (χ0n) is 19.0. The van der Waals surface area contributed by atoms with Crippen molar-refractivity contribution in [3.05, 3.63) is 11.6 Å². The lowest BCUT2D eigenvalue weighted by Gasteiger charge is -2.57. The average Bonchev–Trinajstić information content (AvgIpc) is 2.98. The minimum Gasteiger partial charge on any atom is -0.0844 e. The minimum atomic E-state index is 0.609. The van der Waals surface area contributed by atoms with Crippen LogP contribution in [0.4, 0.5) is 0 Å². The Bertz CT molecular complexity index is 556. The highest BCUT2D eigenvalue weighted by molar-refractivity contribution is 5.27. The Morgan fingerprint density at radius 2 is 1.67 bits per heavy atom. The molecule has 3 fully saturated rings. The van der Waals surface area contributed by atoms with Crippen LogP contribution in [0.2, 0.25) is 0 Å². The second kappa shape index (κ2) is 7.53. The Balaban J connectivity index is 1.50. The summed E-state index contributed by atoms with van der Waals surface area (Å²) in [5, 5.41) is 0. The van der Waals surface area contributed by atoms with Gasteiger partial charge >= 0.3 is 0 Å². The van der Waals surface area contributed by atoms with Crippen LogP contribution in [0.5, 0.6) is 0 Å². The Morgan fingerprint density at radius 1 is 0.889 bits per heavy atom. The number of allylic oxidation sites excluding steroid dienone is 2. The molecular formula is C27H46. The van der Waals surface area contributed by atoms with Crippen LogP contribution in [0.25, 0.3) is 0 Å². The van der Waals surface area contributed by atoms with Crippen LogP contribution in [0, 0.1) is 46.3 Å². The number of fused-ring (bicyclic) bond motifs is 5. The molecule has 4 aliphatic carbocycles. The molecule has 0 amide bonds. The summed E-state index contributed by atoms with van der Waals surface area (Å²) in [6, 6.07) is 0. The van der Waals surface area contributed by atoms with Gasteiger partial charge in [-0.05, 0) is 91.3 Å². The van der Waals surface area contributed by atoms with E-state index in [9.17, 15) is 0 Å². The summed E-state index contributed by atoms with van der Waals surface area (Å²) < 4.78 is 0. The lowest BCUT2D eigenvalue weighted by molar-refractivity contribution is -0.00801. The lowest BCUT2D eigenvalue weighted by Crippen LogP contribution is -2.48. The monoisotopic (exact) mass is 370 g/mol. The third kappa shape index (κ3) is 3.36. The lowest BCUT2D eigenvalue weighted by atomic mass is 9.48. The molecule has 0 aliphatic heterocycles. The smallest absolute Gasteiger partial charge is 0.0143 e. The average molecular weight is 371 g/mol. The van der Waals surface area contributed by atoms with Crippen LogP contribution in [-0.4, -0.2) is 0 Å². The number of rotatable bonds is 5. The van der Waals surface area contributed by atoms with Crippen molar-refractivity contribution >= 4 is 0 Å². The van der Waals surface area contributed by atoms with Gasteiger partial charge < -0.3 is 0 Å². The molecule has 7 atom stereocenters. The van der Waals surface area contributed by atoms with Crippen LogP contribution < -0.4 is 0 Å². The summed E-state index contributed by atoms with van der Waals surface area (Å²) in [5.74, 6) is 5.64. The summed E-state index contributed by atoms with van der Waals surface area (Å²) in [4.78, 5) is 0. The highest BCUT2D eigenvalue weighted by Gasteiger charge is 2.57. The first kappa shape index (κ1) is 20.0. The van der Waals surface area contributed by atoms with Crippen LogP contribution in [0.3, 0.4) is 0 Å². The fraction of sp³-hybridized carbons (Fsp3) is 0.926. The molecule has 0 nitrogen and oxygen atoms in total. The van der Waals surface area contributed by atoms with E-state index in [2.05, 4.69) is 40.7 Å². The molecule has 0 heterocycles. The molecule has 0 unspecified atom stereocenters. The van der Waals surface area contributed by atoms with Gasteiger partial charge in [-0.1, -0.05) is 78.4 Å². The molecule has 3 saturated carbocycles. The number of hydrogen-bond donors (Lipinski definition) is 0. The highest BCUT2D eigenvalue weighted by atomic mass is 14.6. The molecule has 0 aromatic heterocycles. The predicted molar refractivity (Wildman–Crippen MR) is 118 cm³/mol. The van der Waals surface area contributed by atoms with Crippen molar-refractivity contribution in [1.29, 1.82) is 0 Å². The normalized spacial score (nSPS) is 45.0. The topological polar surface area (TPSA) is 0 Å². The summed E-state index contributed by atoms with van der Waals surface area (Å²) in [7, 11) is 0. The van der Waals surface area contributed by atoms with Gasteiger partial charge in [0, 0.05) is 0 Å². The first-order valence-electron chi connectivity index (χ1n) is 12.6. The van der Waals surface area contributed by atoms with Crippen LogP contribution >= 0.6 is 0 Å². The van der Waals surface area contributed by atoms with Gasteiger partial charge in [0.1, 0.15) is 0 Å². The van der Waals surface area contributed by atoms with Crippen molar-refractivity contribution in [3.8, 4) is 0 Å². The Kier molecular flexibility index (Phi) is 5.59. The predicted octanol–water partition coefficient (Wildman–Crippen LogP) is 8.42. The molecule has 0 aromatic carbocycles. The van der Waals surface area contributed by atoms with E-state index in [-0.39, 0.29) is 0 Å². The van der Waals surface area contributed by atoms with Gasteiger partial charge in [-0.3, -0.25) is 0 Å². The van der Waals surface area contributed by atoms with E-state index in [1.807, 2.05) is 5.57 Å². The maximum absolute atomic E-state index is 2.79. The van der Waals surface area contributed by atoms with Gasteiger partial charge in [0.05, 0.1) is 0 Å².